The molecule has 2 aliphatic rings. The topological polar surface area (TPSA) is 121 Å². The smallest absolute Gasteiger partial charge is 0.435 e. The first-order valence-corrected chi connectivity index (χ1v) is 12.6. The van der Waals surface area contributed by atoms with Crippen LogP contribution in [0.3, 0.4) is 0 Å². The molecule has 1 aliphatic heterocycles. The molecule has 1 aliphatic carbocycles. The lowest BCUT2D eigenvalue weighted by molar-refractivity contribution is -0.116. The molecule has 0 aromatic carbocycles. The van der Waals surface area contributed by atoms with Crippen molar-refractivity contribution >= 4 is 29.5 Å². The third kappa shape index (κ3) is 7.21. The lowest BCUT2D eigenvalue weighted by Crippen LogP contribution is -2.39. The van der Waals surface area contributed by atoms with E-state index >= 15 is 0 Å². The van der Waals surface area contributed by atoms with Gasteiger partial charge in [0.05, 0.1) is 11.9 Å². The average Bonchev–Trinajstić information content (AvgIpc) is 3.37. The van der Waals surface area contributed by atoms with E-state index in [1.807, 2.05) is 20.8 Å². The number of hydrogen-bond donors (Lipinski definition) is 1. The third-order valence-electron chi connectivity index (χ3n) is 5.68. The monoisotopic (exact) mass is 512 g/mol. The lowest BCUT2D eigenvalue weighted by atomic mass is 10.1. The predicted octanol–water partition coefficient (Wildman–Crippen LogP) is 4.40. The van der Waals surface area contributed by atoms with Gasteiger partial charge in [-0.15, -0.1) is 5.10 Å². The molecule has 200 valence electrons. The molecule has 3 heterocycles. The summed E-state index contributed by atoms with van der Waals surface area (Å²) in [6, 6.07) is 1.73. The van der Waals surface area contributed by atoms with E-state index in [2.05, 4.69) is 21.6 Å². The number of carbonyl (C=O) groups excluding carboxylic acids is 3. The van der Waals surface area contributed by atoms with Crippen LogP contribution in [0.2, 0.25) is 0 Å². The van der Waals surface area contributed by atoms with Gasteiger partial charge < -0.3 is 19.7 Å². The Morgan fingerprint density at radius 2 is 1.73 bits per heavy atom. The molecule has 0 radical (unpaired) electrons. The highest BCUT2D eigenvalue weighted by Crippen LogP contribution is 2.41. The maximum atomic E-state index is 12.7. The standard InChI is InChI=1S/C26H36N6O5/c1-25(2,3)36-23(34)30-11-7-8-18(14-30)19-13-27-31(15-19)16-22(33)28-21-12-20(17-9-10-17)32(29-21)24(35)37-26(4,5)6/h8,12-13,15,17H,7,9-11,14,16H2,1-6H3,(H,28,29,33). The molecule has 0 saturated heterocycles. The number of nitrogens with zero attached hydrogens (tertiary/aromatic N) is 5. The quantitative estimate of drug-likeness (QED) is 0.630. The molecule has 1 N–H and O–H groups in total. The summed E-state index contributed by atoms with van der Waals surface area (Å²) in [5, 5.41) is 11.4. The van der Waals surface area contributed by atoms with Crippen molar-refractivity contribution < 1.29 is 23.9 Å². The minimum atomic E-state index is -0.650. The van der Waals surface area contributed by atoms with Crippen LogP contribution in [0.25, 0.3) is 5.57 Å². The lowest BCUT2D eigenvalue weighted by Gasteiger charge is -2.30. The molecule has 0 bridgehead atoms. The summed E-state index contributed by atoms with van der Waals surface area (Å²) < 4.78 is 13.7. The maximum absolute atomic E-state index is 12.7. The van der Waals surface area contributed by atoms with Gasteiger partial charge in [0.2, 0.25) is 5.91 Å². The van der Waals surface area contributed by atoms with Crippen LogP contribution in [0.15, 0.2) is 24.5 Å². The summed E-state index contributed by atoms with van der Waals surface area (Å²) in [4.78, 5) is 39.5. The number of ether oxygens (including phenoxy) is 2. The Kier molecular flexibility index (Phi) is 7.16. The van der Waals surface area contributed by atoms with Gasteiger partial charge in [-0.25, -0.2) is 9.59 Å². The molecule has 0 spiro atoms. The predicted molar refractivity (Wildman–Crippen MR) is 137 cm³/mol. The molecule has 11 heteroatoms. The molecule has 0 atom stereocenters. The SMILES string of the molecule is CC(C)(C)OC(=O)N1CCC=C(c2cnn(CC(=O)Nc3cc(C4CC4)n(C(=O)OC(C)(C)C)n3)c2)C1. The van der Waals surface area contributed by atoms with Gasteiger partial charge in [0.25, 0.3) is 0 Å². The van der Waals surface area contributed by atoms with Crippen LogP contribution in [-0.4, -0.2) is 66.8 Å². The molecule has 0 unspecified atom stereocenters. The highest BCUT2D eigenvalue weighted by molar-refractivity contribution is 5.90. The van der Waals surface area contributed by atoms with Crippen LogP contribution < -0.4 is 5.32 Å². The fourth-order valence-electron chi connectivity index (χ4n) is 3.96. The number of hydrogen-bond acceptors (Lipinski definition) is 7. The maximum Gasteiger partial charge on any atom is 0.435 e. The second-order valence-electron chi connectivity index (χ2n) is 11.5. The second kappa shape index (κ2) is 10.0. The van der Waals surface area contributed by atoms with Gasteiger partial charge in [0.1, 0.15) is 17.7 Å². The zero-order valence-electron chi connectivity index (χ0n) is 22.4. The number of anilines is 1. The molecule has 4 rings (SSSR count). The number of rotatable bonds is 5. The largest absolute Gasteiger partial charge is 0.444 e. The van der Waals surface area contributed by atoms with Crippen LogP contribution in [0, 0.1) is 0 Å². The molecular formula is C26H36N6O5. The van der Waals surface area contributed by atoms with Crippen molar-refractivity contribution in [1.82, 2.24) is 24.5 Å². The number of carbonyl (C=O) groups is 3. The second-order valence-corrected chi connectivity index (χ2v) is 11.5. The molecule has 11 nitrogen and oxygen atoms in total. The van der Waals surface area contributed by atoms with Gasteiger partial charge in [0.15, 0.2) is 5.82 Å². The van der Waals surface area contributed by atoms with E-state index in [1.165, 1.54) is 9.36 Å². The van der Waals surface area contributed by atoms with E-state index in [-0.39, 0.29) is 24.5 Å². The Morgan fingerprint density at radius 1 is 1.05 bits per heavy atom. The minimum absolute atomic E-state index is 0.0267. The van der Waals surface area contributed by atoms with Crippen molar-refractivity contribution in [2.75, 3.05) is 18.4 Å². The van der Waals surface area contributed by atoms with Gasteiger partial charge >= 0.3 is 12.2 Å². The van der Waals surface area contributed by atoms with E-state index in [0.717, 1.165) is 29.7 Å². The first kappa shape index (κ1) is 26.4. The Hall–Kier alpha value is -3.63. The van der Waals surface area contributed by atoms with Crippen LogP contribution >= 0.6 is 0 Å². The number of aromatic nitrogens is 4. The fraction of sp³-hybridized carbons (Fsp3) is 0.577. The zero-order valence-corrected chi connectivity index (χ0v) is 22.4. The van der Waals surface area contributed by atoms with Gasteiger partial charge in [-0.05, 0) is 66.4 Å². The summed E-state index contributed by atoms with van der Waals surface area (Å²) in [6.07, 6.45) is 7.28. The fourth-order valence-corrected chi connectivity index (χ4v) is 3.96. The molecular weight excluding hydrogens is 476 g/mol. The summed E-state index contributed by atoms with van der Waals surface area (Å²) in [7, 11) is 0. The van der Waals surface area contributed by atoms with E-state index in [9.17, 15) is 14.4 Å². The minimum Gasteiger partial charge on any atom is -0.444 e. The molecule has 1 fully saturated rings. The highest BCUT2D eigenvalue weighted by atomic mass is 16.6. The summed E-state index contributed by atoms with van der Waals surface area (Å²) in [6.45, 7) is 11.9. The average molecular weight is 513 g/mol. The van der Waals surface area contributed by atoms with Crippen molar-refractivity contribution in [2.45, 2.75) is 84.5 Å². The van der Waals surface area contributed by atoms with Crippen molar-refractivity contribution in [3.63, 3.8) is 0 Å². The van der Waals surface area contributed by atoms with Gasteiger partial charge in [0, 0.05) is 36.8 Å². The molecule has 2 aromatic rings. The molecule has 2 amide bonds. The summed E-state index contributed by atoms with van der Waals surface area (Å²) >= 11 is 0. The van der Waals surface area contributed by atoms with E-state index < -0.39 is 17.3 Å². The van der Waals surface area contributed by atoms with Gasteiger partial charge in [-0.3, -0.25) is 9.48 Å². The van der Waals surface area contributed by atoms with Crippen molar-refractivity contribution in [3.05, 3.63) is 35.8 Å². The molecule has 1 saturated carbocycles. The Labute approximate surface area is 216 Å². The molecule has 37 heavy (non-hydrogen) atoms. The Balaban J connectivity index is 1.37. The molecule has 2 aromatic heterocycles. The van der Waals surface area contributed by atoms with Crippen LogP contribution in [0.4, 0.5) is 15.4 Å². The van der Waals surface area contributed by atoms with E-state index in [4.69, 9.17) is 9.47 Å². The van der Waals surface area contributed by atoms with Crippen molar-refractivity contribution in [1.29, 1.82) is 0 Å². The summed E-state index contributed by atoms with van der Waals surface area (Å²) in [5.41, 5.74) is 1.33. The first-order valence-electron chi connectivity index (χ1n) is 12.6. The normalized spacial score (nSPS) is 16.3. The number of amides is 2. The highest BCUT2D eigenvalue weighted by Gasteiger charge is 2.32. The first-order chi connectivity index (χ1) is 17.3. The Morgan fingerprint density at radius 3 is 2.38 bits per heavy atom. The van der Waals surface area contributed by atoms with E-state index in [0.29, 0.717) is 25.3 Å². The van der Waals surface area contributed by atoms with Gasteiger partial charge in [-0.2, -0.15) is 9.78 Å². The number of nitrogens with one attached hydrogen (secondary N) is 1. The van der Waals surface area contributed by atoms with Crippen LogP contribution in [0.1, 0.15) is 78.0 Å². The van der Waals surface area contributed by atoms with Gasteiger partial charge in [-0.1, -0.05) is 6.08 Å². The van der Waals surface area contributed by atoms with E-state index in [1.54, 1.807) is 44.1 Å². The van der Waals surface area contributed by atoms with Crippen LogP contribution in [-0.2, 0) is 20.8 Å². The van der Waals surface area contributed by atoms with Crippen molar-refractivity contribution in [3.8, 4) is 0 Å². The third-order valence-corrected chi connectivity index (χ3v) is 5.68. The Bertz CT molecular complexity index is 1210. The summed E-state index contributed by atoms with van der Waals surface area (Å²) in [5.74, 6) is 0.218. The zero-order chi connectivity index (χ0) is 27.0. The van der Waals surface area contributed by atoms with Crippen LogP contribution in [0.5, 0.6) is 0 Å². The van der Waals surface area contributed by atoms with Crippen molar-refractivity contribution in [2.24, 2.45) is 0 Å².